The van der Waals surface area contributed by atoms with Crippen LogP contribution < -0.4 is 0 Å². The molecule has 1 radical (unpaired) electrons. The molecular weight excluding hydrogens is 108 g/mol. The van der Waals surface area contributed by atoms with Gasteiger partial charge in [0.2, 0.25) is 0 Å². The van der Waals surface area contributed by atoms with Gasteiger partial charge < -0.3 is 0 Å². The van der Waals surface area contributed by atoms with E-state index in [-0.39, 0.29) is 0 Å². The maximum atomic E-state index is 3.78. The van der Waals surface area contributed by atoms with Crippen molar-refractivity contribution in [3.63, 3.8) is 0 Å². The summed E-state index contributed by atoms with van der Waals surface area (Å²) in [7, 11) is 0. The van der Waals surface area contributed by atoms with E-state index in [0.29, 0.717) is 0 Å². The Balaban J connectivity index is 2.82. The van der Waals surface area contributed by atoms with Crippen LogP contribution in [0.3, 0.4) is 0 Å². The van der Waals surface area contributed by atoms with E-state index in [1.807, 2.05) is 0 Å². The van der Waals surface area contributed by atoms with Gasteiger partial charge in [-0.25, -0.2) is 0 Å². The summed E-state index contributed by atoms with van der Waals surface area (Å²) in [6.45, 7) is 5.94. The van der Waals surface area contributed by atoms with Crippen molar-refractivity contribution in [2.75, 3.05) is 0 Å². The van der Waals surface area contributed by atoms with Gasteiger partial charge in [0.1, 0.15) is 0 Å². The lowest BCUT2D eigenvalue weighted by Gasteiger charge is -1.89. The SMILES string of the molecule is [CH2]CCCC/C=C\CC. The highest BCUT2D eigenvalue weighted by atomic mass is 13.9. The summed E-state index contributed by atoms with van der Waals surface area (Å²) in [4.78, 5) is 0. The van der Waals surface area contributed by atoms with E-state index in [1.54, 1.807) is 0 Å². The highest BCUT2D eigenvalue weighted by Gasteiger charge is 1.79. The maximum Gasteiger partial charge on any atom is -0.0351 e. The molecule has 53 valence electrons. The molecular formula is C9H17. The van der Waals surface area contributed by atoms with E-state index in [4.69, 9.17) is 0 Å². The fourth-order valence-corrected chi connectivity index (χ4v) is 0.723. The van der Waals surface area contributed by atoms with Gasteiger partial charge in [-0.2, -0.15) is 0 Å². The number of hydrogen-bond acceptors (Lipinski definition) is 0. The van der Waals surface area contributed by atoms with Crippen LogP contribution in [0.2, 0.25) is 0 Å². The molecule has 0 bridgehead atoms. The highest BCUT2D eigenvalue weighted by Crippen LogP contribution is 1.99. The number of allylic oxidation sites excluding steroid dienone is 2. The summed E-state index contributed by atoms with van der Waals surface area (Å²) in [6, 6.07) is 0. The van der Waals surface area contributed by atoms with E-state index in [0.717, 1.165) is 6.42 Å². The lowest BCUT2D eigenvalue weighted by atomic mass is 10.2. The molecule has 0 aliphatic heterocycles. The Morgan fingerprint density at radius 3 is 2.56 bits per heavy atom. The van der Waals surface area contributed by atoms with E-state index in [9.17, 15) is 0 Å². The fraction of sp³-hybridized carbons (Fsp3) is 0.667. The fourth-order valence-electron chi connectivity index (χ4n) is 0.723. The molecule has 0 aliphatic rings. The quantitative estimate of drug-likeness (QED) is 0.390. The molecule has 0 unspecified atom stereocenters. The van der Waals surface area contributed by atoms with Crippen molar-refractivity contribution >= 4 is 0 Å². The molecule has 0 nitrogen and oxygen atoms in total. The minimum atomic E-state index is 1.08. The zero-order valence-corrected chi connectivity index (χ0v) is 6.40. The lowest BCUT2D eigenvalue weighted by molar-refractivity contribution is 0.759. The van der Waals surface area contributed by atoms with Crippen molar-refractivity contribution in [3.8, 4) is 0 Å². The van der Waals surface area contributed by atoms with Gasteiger partial charge >= 0.3 is 0 Å². The van der Waals surface area contributed by atoms with Gasteiger partial charge in [-0.05, 0) is 19.3 Å². The third kappa shape index (κ3) is 7.74. The zero-order chi connectivity index (χ0) is 6.95. The molecule has 0 amide bonds. The summed E-state index contributed by atoms with van der Waals surface area (Å²) in [5.74, 6) is 0. The van der Waals surface area contributed by atoms with Crippen molar-refractivity contribution in [3.05, 3.63) is 19.1 Å². The Morgan fingerprint density at radius 1 is 1.22 bits per heavy atom. The third-order valence-corrected chi connectivity index (χ3v) is 1.27. The molecule has 0 heteroatoms. The van der Waals surface area contributed by atoms with Gasteiger partial charge in [0.05, 0.1) is 0 Å². The normalized spacial score (nSPS) is 10.9. The van der Waals surface area contributed by atoms with E-state index in [1.165, 1.54) is 25.7 Å². The summed E-state index contributed by atoms with van der Waals surface area (Å²) in [6.07, 6.45) is 10.6. The summed E-state index contributed by atoms with van der Waals surface area (Å²) in [5.41, 5.74) is 0. The molecule has 0 N–H and O–H groups in total. The second kappa shape index (κ2) is 7.74. The third-order valence-electron chi connectivity index (χ3n) is 1.27. The van der Waals surface area contributed by atoms with Crippen molar-refractivity contribution < 1.29 is 0 Å². The van der Waals surface area contributed by atoms with Gasteiger partial charge in [0, 0.05) is 0 Å². The Morgan fingerprint density at radius 2 is 2.00 bits per heavy atom. The van der Waals surface area contributed by atoms with Crippen molar-refractivity contribution in [2.24, 2.45) is 0 Å². The molecule has 9 heavy (non-hydrogen) atoms. The largest absolute Gasteiger partial charge is 0.0888 e. The predicted octanol–water partition coefficient (Wildman–Crippen LogP) is 3.35. The number of rotatable bonds is 5. The average Bonchev–Trinajstić information content (AvgIpc) is 1.89. The molecule has 0 saturated carbocycles. The highest BCUT2D eigenvalue weighted by molar-refractivity contribution is 4.79. The minimum absolute atomic E-state index is 1.08. The summed E-state index contributed by atoms with van der Waals surface area (Å²) >= 11 is 0. The minimum Gasteiger partial charge on any atom is -0.0888 e. The van der Waals surface area contributed by atoms with Crippen molar-refractivity contribution in [1.29, 1.82) is 0 Å². The second-order valence-corrected chi connectivity index (χ2v) is 2.23. The molecule has 0 aromatic heterocycles. The first kappa shape index (κ1) is 8.74. The standard InChI is InChI=1S/C9H17/c1-3-5-7-9-8-6-4-2/h6,8H,1,3-5,7,9H2,2H3/b8-6-. The van der Waals surface area contributed by atoms with E-state index in [2.05, 4.69) is 26.0 Å². The first-order valence-corrected chi connectivity index (χ1v) is 3.86. The first-order valence-electron chi connectivity index (χ1n) is 3.86. The zero-order valence-electron chi connectivity index (χ0n) is 6.40. The van der Waals surface area contributed by atoms with Crippen LogP contribution in [-0.2, 0) is 0 Å². The maximum absolute atomic E-state index is 3.78. The van der Waals surface area contributed by atoms with Crippen LogP contribution in [0.1, 0.15) is 39.0 Å². The Kier molecular flexibility index (Phi) is 7.52. The Bertz CT molecular complexity index is 62.4. The molecule has 0 rings (SSSR count). The van der Waals surface area contributed by atoms with E-state index >= 15 is 0 Å². The van der Waals surface area contributed by atoms with Crippen LogP contribution in [0.4, 0.5) is 0 Å². The number of unbranched alkanes of at least 4 members (excludes halogenated alkanes) is 3. The molecule has 0 aromatic carbocycles. The van der Waals surface area contributed by atoms with Crippen molar-refractivity contribution in [1.82, 2.24) is 0 Å². The van der Waals surface area contributed by atoms with Crippen LogP contribution in [0, 0.1) is 6.92 Å². The molecule has 0 aromatic rings. The van der Waals surface area contributed by atoms with E-state index < -0.39 is 0 Å². The average molecular weight is 125 g/mol. The summed E-state index contributed by atoms with van der Waals surface area (Å²) < 4.78 is 0. The second-order valence-electron chi connectivity index (χ2n) is 2.23. The molecule has 0 aliphatic carbocycles. The van der Waals surface area contributed by atoms with Gasteiger partial charge in [-0.15, -0.1) is 0 Å². The molecule has 0 saturated heterocycles. The van der Waals surface area contributed by atoms with Crippen LogP contribution >= 0.6 is 0 Å². The van der Waals surface area contributed by atoms with Gasteiger partial charge in [0.25, 0.3) is 0 Å². The number of hydrogen-bond donors (Lipinski definition) is 0. The molecule has 0 heterocycles. The van der Waals surface area contributed by atoms with Crippen LogP contribution in [0.25, 0.3) is 0 Å². The van der Waals surface area contributed by atoms with Crippen LogP contribution in [0.5, 0.6) is 0 Å². The first-order chi connectivity index (χ1) is 4.41. The Hall–Kier alpha value is -0.260. The topological polar surface area (TPSA) is 0 Å². The van der Waals surface area contributed by atoms with Crippen LogP contribution in [-0.4, -0.2) is 0 Å². The van der Waals surface area contributed by atoms with Crippen LogP contribution in [0.15, 0.2) is 12.2 Å². The molecule has 0 atom stereocenters. The summed E-state index contributed by atoms with van der Waals surface area (Å²) in [5, 5.41) is 0. The smallest absolute Gasteiger partial charge is 0.0351 e. The van der Waals surface area contributed by atoms with Crippen molar-refractivity contribution in [2.45, 2.75) is 39.0 Å². The predicted molar refractivity (Wildman–Crippen MR) is 43.3 cm³/mol. The Labute approximate surface area is 59.0 Å². The van der Waals surface area contributed by atoms with Gasteiger partial charge in [-0.1, -0.05) is 38.8 Å². The molecule has 0 spiro atoms. The monoisotopic (exact) mass is 125 g/mol. The molecule has 0 fully saturated rings. The van der Waals surface area contributed by atoms with Gasteiger partial charge in [0.15, 0.2) is 0 Å². The lowest BCUT2D eigenvalue weighted by Crippen LogP contribution is -1.69. The van der Waals surface area contributed by atoms with Gasteiger partial charge in [-0.3, -0.25) is 0 Å².